The highest BCUT2D eigenvalue weighted by molar-refractivity contribution is 5.94. The van der Waals surface area contributed by atoms with Crippen LogP contribution < -0.4 is 15.4 Å². The van der Waals surface area contributed by atoms with E-state index in [2.05, 4.69) is 10.6 Å². The van der Waals surface area contributed by atoms with E-state index >= 15 is 0 Å². The Kier molecular flexibility index (Phi) is 9.71. The van der Waals surface area contributed by atoms with E-state index in [1.54, 1.807) is 7.11 Å². The van der Waals surface area contributed by atoms with Crippen LogP contribution in [0.1, 0.15) is 10.4 Å². The molecule has 0 saturated carbocycles. The van der Waals surface area contributed by atoms with Crippen LogP contribution in [0.15, 0.2) is 18.2 Å². The Morgan fingerprint density at radius 1 is 1.25 bits per heavy atom. The van der Waals surface area contributed by atoms with Crippen molar-refractivity contribution in [2.75, 3.05) is 40.5 Å². The second-order valence-corrected chi connectivity index (χ2v) is 3.85. The Hall–Kier alpha value is -1.37. The Morgan fingerprint density at radius 3 is 2.60 bits per heavy atom. The Balaban J connectivity index is 0.00000361. The van der Waals surface area contributed by atoms with Crippen LogP contribution in [0.2, 0.25) is 0 Å². The summed E-state index contributed by atoms with van der Waals surface area (Å²) in [7, 11) is 3.01. The fourth-order valence-electron chi connectivity index (χ4n) is 1.47. The van der Waals surface area contributed by atoms with Crippen molar-refractivity contribution in [1.82, 2.24) is 10.6 Å². The maximum absolute atomic E-state index is 13.4. The predicted octanol–water partition coefficient (Wildman–Crippen LogP) is 1.22. The van der Waals surface area contributed by atoms with Gasteiger partial charge in [-0.2, -0.15) is 0 Å². The quantitative estimate of drug-likeness (QED) is 0.709. The lowest BCUT2D eigenvalue weighted by Crippen LogP contribution is -2.33. The van der Waals surface area contributed by atoms with Crippen molar-refractivity contribution in [3.63, 3.8) is 0 Å². The molecule has 114 valence electrons. The number of carbonyl (C=O) groups excluding carboxylic acids is 1. The molecular weight excluding hydrogens is 287 g/mol. The van der Waals surface area contributed by atoms with Gasteiger partial charge in [-0.25, -0.2) is 4.39 Å². The zero-order valence-electron chi connectivity index (χ0n) is 11.6. The van der Waals surface area contributed by atoms with Gasteiger partial charge in [0.1, 0.15) is 0 Å². The lowest BCUT2D eigenvalue weighted by molar-refractivity contribution is 0.0953. The predicted molar refractivity (Wildman–Crippen MR) is 77.3 cm³/mol. The maximum Gasteiger partial charge on any atom is 0.251 e. The fourth-order valence-corrected chi connectivity index (χ4v) is 1.47. The van der Waals surface area contributed by atoms with Crippen LogP contribution in [0.4, 0.5) is 4.39 Å². The van der Waals surface area contributed by atoms with Crippen molar-refractivity contribution < 1.29 is 18.7 Å². The number of carbonyl (C=O) groups is 1. The van der Waals surface area contributed by atoms with Crippen molar-refractivity contribution >= 4 is 18.3 Å². The summed E-state index contributed by atoms with van der Waals surface area (Å²) in [6, 6.07) is 4.11. The third-order valence-electron chi connectivity index (χ3n) is 2.48. The largest absolute Gasteiger partial charge is 0.494 e. The lowest BCUT2D eigenvalue weighted by atomic mass is 10.2. The number of halogens is 2. The van der Waals surface area contributed by atoms with Crippen molar-refractivity contribution in [2.24, 2.45) is 0 Å². The third kappa shape index (κ3) is 6.18. The summed E-state index contributed by atoms with van der Waals surface area (Å²) in [5.41, 5.74) is 0.273. The molecule has 7 heteroatoms. The lowest BCUT2D eigenvalue weighted by Gasteiger charge is -2.07. The van der Waals surface area contributed by atoms with Crippen LogP contribution in [0.3, 0.4) is 0 Å². The zero-order valence-corrected chi connectivity index (χ0v) is 12.4. The van der Waals surface area contributed by atoms with E-state index in [1.807, 2.05) is 0 Å². The maximum atomic E-state index is 13.4. The summed E-state index contributed by atoms with van der Waals surface area (Å²) in [5, 5.41) is 5.78. The molecule has 1 rings (SSSR count). The van der Waals surface area contributed by atoms with Gasteiger partial charge in [0.15, 0.2) is 11.6 Å². The van der Waals surface area contributed by atoms with Gasteiger partial charge in [0, 0.05) is 32.3 Å². The van der Waals surface area contributed by atoms with Crippen LogP contribution in [0.25, 0.3) is 0 Å². The molecule has 0 aromatic heterocycles. The van der Waals surface area contributed by atoms with E-state index in [9.17, 15) is 9.18 Å². The summed E-state index contributed by atoms with van der Waals surface area (Å²) in [6.07, 6.45) is 0. The molecule has 20 heavy (non-hydrogen) atoms. The highest BCUT2D eigenvalue weighted by Crippen LogP contribution is 2.17. The number of hydrogen-bond acceptors (Lipinski definition) is 4. The number of hydrogen-bond donors (Lipinski definition) is 2. The van der Waals surface area contributed by atoms with Crippen LogP contribution in [-0.2, 0) is 4.74 Å². The first-order valence-electron chi connectivity index (χ1n) is 6.00. The monoisotopic (exact) mass is 306 g/mol. The van der Waals surface area contributed by atoms with Gasteiger partial charge in [-0.05, 0) is 18.2 Å². The molecule has 0 unspecified atom stereocenters. The fraction of sp³-hybridized carbons (Fsp3) is 0.462. The summed E-state index contributed by atoms with van der Waals surface area (Å²) in [6.45, 7) is 2.45. The van der Waals surface area contributed by atoms with Gasteiger partial charge in [0.25, 0.3) is 5.91 Å². The first kappa shape index (κ1) is 18.6. The van der Waals surface area contributed by atoms with Crippen LogP contribution in [0.5, 0.6) is 5.75 Å². The van der Waals surface area contributed by atoms with Crippen molar-refractivity contribution in [2.45, 2.75) is 0 Å². The van der Waals surface area contributed by atoms with Gasteiger partial charge in [0.2, 0.25) is 0 Å². The Labute approximate surface area is 124 Å². The summed E-state index contributed by atoms with van der Waals surface area (Å²) < 4.78 is 23.1. The molecule has 0 bridgehead atoms. The molecule has 2 N–H and O–H groups in total. The molecule has 0 aliphatic carbocycles. The second-order valence-electron chi connectivity index (χ2n) is 3.85. The van der Waals surface area contributed by atoms with Crippen LogP contribution in [0, 0.1) is 5.82 Å². The molecule has 0 radical (unpaired) electrons. The summed E-state index contributed by atoms with van der Waals surface area (Å²) in [4.78, 5) is 11.7. The van der Waals surface area contributed by atoms with E-state index in [0.29, 0.717) is 19.7 Å². The number of methoxy groups -OCH3 is 2. The molecule has 0 aliphatic heterocycles. The van der Waals surface area contributed by atoms with Crippen LogP contribution in [-0.4, -0.2) is 46.4 Å². The normalized spacial score (nSPS) is 9.75. The molecule has 0 atom stereocenters. The smallest absolute Gasteiger partial charge is 0.251 e. The van der Waals surface area contributed by atoms with Crippen molar-refractivity contribution in [1.29, 1.82) is 0 Å². The molecule has 0 aliphatic rings. The average molecular weight is 307 g/mol. The van der Waals surface area contributed by atoms with E-state index in [4.69, 9.17) is 9.47 Å². The first-order chi connectivity index (χ1) is 9.19. The minimum absolute atomic E-state index is 0. The van der Waals surface area contributed by atoms with E-state index in [0.717, 1.165) is 12.6 Å². The minimum Gasteiger partial charge on any atom is -0.494 e. The van der Waals surface area contributed by atoms with Gasteiger partial charge in [-0.3, -0.25) is 4.79 Å². The van der Waals surface area contributed by atoms with Gasteiger partial charge in [-0.1, -0.05) is 0 Å². The minimum atomic E-state index is -0.548. The number of rotatable bonds is 8. The Bertz CT molecular complexity index is 419. The highest BCUT2D eigenvalue weighted by Gasteiger charge is 2.09. The van der Waals surface area contributed by atoms with Crippen molar-refractivity contribution in [3.05, 3.63) is 29.6 Å². The van der Waals surface area contributed by atoms with Crippen molar-refractivity contribution in [3.8, 4) is 5.75 Å². The third-order valence-corrected chi connectivity index (χ3v) is 2.48. The molecule has 5 nitrogen and oxygen atoms in total. The number of benzene rings is 1. The van der Waals surface area contributed by atoms with Gasteiger partial charge in [-0.15, -0.1) is 12.4 Å². The number of ether oxygens (including phenoxy) is 2. The van der Waals surface area contributed by atoms with Gasteiger partial charge >= 0.3 is 0 Å². The molecule has 1 aromatic carbocycles. The average Bonchev–Trinajstić information content (AvgIpc) is 2.42. The summed E-state index contributed by atoms with van der Waals surface area (Å²) in [5.74, 6) is -0.735. The molecule has 1 amide bonds. The summed E-state index contributed by atoms with van der Waals surface area (Å²) >= 11 is 0. The molecule has 0 saturated heterocycles. The Morgan fingerprint density at radius 2 is 2.00 bits per heavy atom. The topological polar surface area (TPSA) is 59.6 Å². The van der Waals surface area contributed by atoms with Gasteiger partial charge in [0.05, 0.1) is 13.7 Å². The molecule has 0 heterocycles. The van der Waals surface area contributed by atoms with E-state index in [1.165, 1.54) is 19.2 Å². The zero-order chi connectivity index (χ0) is 14.1. The molecule has 0 fully saturated rings. The SMILES string of the molecule is COCCNCCNC(=O)c1ccc(OC)c(F)c1.Cl. The van der Waals surface area contributed by atoms with E-state index < -0.39 is 5.82 Å². The molecule has 1 aromatic rings. The first-order valence-corrected chi connectivity index (χ1v) is 6.00. The molecular formula is C13H20ClFN2O3. The molecule has 0 spiro atoms. The number of nitrogens with one attached hydrogen (secondary N) is 2. The highest BCUT2D eigenvalue weighted by atomic mass is 35.5. The van der Waals surface area contributed by atoms with Gasteiger partial charge < -0.3 is 20.1 Å². The van der Waals surface area contributed by atoms with Crippen LogP contribution >= 0.6 is 12.4 Å². The number of amides is 1. The second kappa shape index (κ2) is 10.4. The van der Waals surface area contributed by atoms with E-state index in [-0.39, 0.29) is 29.6 Å². The standard InChI is InChI=1S/C13H19FN2O3.ClH/c1-18-8-7-15-5-6-16-13(17)10-3-4-12(19-2)11(14)9-10;/h3-4,9,15H,5-8H2,1-2H3,(H,16,17);1H.